The maximum Gasteiger partial charge on any atom is 0.307 e. The summed E-state index contributed by atoms with van der Waals surface area (Å²) in [6.07, 6.45) is -0.102. The molecular weight excluding hydrogens is 330 g/mol. The van der Waals surface area contributed by atoms with Gasteiger partial charge in [0.05, 0.1) is 41.4 Å². The molecule has 0 aromatic rings. The van der Waals surface area contributed by atoms with E-state index in [1.54, 1.807) is 0 Å². The molecule has 5 nitrogen and oxygen atoms in total. The first-order valence-corrected chi connectivity index (χ1v) is 12.1. The summed E-state index contributed by atoms with van der Waals surface area (Å²) >= 11 is 0. The fraction of sp³-hybridized carbons (Fsp3) is 0.938. The highest BCUT2D eigenvalue weighted by molar-refractivity contribution is 7.84. The first-order chi connectivity index (χ1) is 10.1. The minimum atomic E-state index is -1.98. The predicted molar refractivity (Wildman–Crippen MR) is 99.2 cm³/mol. The standard InChI is InChI=1S/C16H35NO4SSi/c1-12(21-23(9,10)16(5,6)7)13(11-14(18)20-8)17-22(19)15(2,3)4/h12-13,17H,11H2,1-10H3/t12-,13-,22?/m0/s1. The maximum atomic E-state index is 12.4. The van der Waals surface area contributed by atoms with Gasteiger partial charge < -0.3 is 9.16 Å². The maximum absolute atomic E-state index is 12.4. The van der Waals surface area contributed by atoms with Crippen molar-refractivity contribution in [3.8, 4) is 0 Å². The third kappa shape index (κ3) is 7.45. The summed E-state index contributed by atoms with van der Waals surface area (Å²) in [5.41, 5.74) is 0. The van der Waals surface area contributed by atoms with Gasteiger partial charge in [-0.1, -0.05) is 20.8 Å². The number of methoxy groups -OCH3 is 1. The highest BCUT2D eigenvalue weighted by Gasteiger charge is 2.40. The van der Waals surface area contributed by atoms with Gasteiger partial charge >= 0.3 is 5.97 Å². The molecule has 0 aliphatic rings. The van der Waals surface area contributed by atoms with Crippen molar-refractivity contribution in [1.29, 1.82) is 0 Å². The lowest BCUT2D eigenvalue weighted by Crippen LogP contribution is -2.52. The molecular formula is C16H35NO4SSi. The van der Waals surface area contributed by atoms with Crippen LogP contribution < -0.4 is 4.72 Å². The van der Waals surface area contributed by atoms with Crippen LogP contribution in [0.1, 0.15) is 54.9 Å². The van der Waals surface area contributed by atoms with Crippen LogP contribution in [-0.4, -0.2) is 42.5 Å². The number of nitrogens with one attached hydrogen (secondary N) is 1. The van der Waals surface area contributed by atoms with E-state index in [0.29, 0.717) is 0 Å². The van der Waals surface area contributed by atoms with E-state index in [9.17, 15) is 9.00 Å². The lowest BCUT2D eigenvalue weighted by molar-refractivity contribution is -0.141. The van der Waals surface area contributed by atoms with E-state index in [0.717, 1.165) is 0 Å². The second kappa shape index (κ2) is 8.23. The third-order valence-corrected chi connectivity index (χ3v) is 10.5. The number of esters is 1. The predicted octanol–water partition coefficient (Wildman–Crippen LogP) is 3.38. The average molecular weight is 366 g/mol. The fourth-order valence-electron chi connectivity index (χ4n) is 1.60. The summed E-state index contributed by atoms with van der Waals surface area (Å²) in [5.74, 6) is -0.334. The Balaban J connectivity index is 5.20. The van der Waals surface area contributed by atoms with Gasteiger partial charge in [-0.15, -0.1) is 0 Å². The Morgan fingerprint density at radius 3 is 2.00 bits per heavy atom. The minimum Gasteiger partial charge on any atom is -0.469 e. The molecule has 0 amide bonds. The van der Waals surface area contributed by atoms with Gasteiger partial charge in [-0.05, 0) is 45.8 Å². The Labute approximate surface area is 145 Å². The third-order valence-electron chi connectivity index (χ3n) is 4.28. The van der Waals surface area contributed by atoms with Crippen LogP contribution in [0.4, 0.5) is 0 Å². The Kier molecular flexibility index (Phi) is 8.14. The van der Waals surface area contributed by atoms with Gasteiger partial charge in [0.2, 0.25) is 0 Å². The van der Waals surface area contributed by atoms with Crippen molar-refractivity contribution in [2.24, 2.45) is 0 Å². The van der Waals surface area contributed by atoms with Crippen LogP contribution in [0.15, 0.2) is 0 Å². The van der Waals surface area contributed by atoms with Crippen molar-refractivity contribution in [1.82, 2.24) is 4.72 Å². The van der Waals surface area contributed by atoms with E-state index in [1.165, 1.54) is 7.11 Å². The van der Waals surface area contributed by atoms with E-state index in [2.05, 4.69) is 38.6 Å². The summed E-state index contributed by atoms with van der Waals surface area (Å²) in [4.78, 5) is 11.7. The zero-order valence-electron chi connectivity index (χ0n) is 16.4. The number of hydrogen-bond acceptors (Lipinski definition) is 4. The first kappa shape index (κ1) is 22.8. The Hall–Kier alpha value is -0.243. The Morgan fingerprint density at radius 2 is 1.65 bits per heavy atom. The first-order valence-electron chi connectivity index (χ1n) is 8.04. The van der Waals surface area contributed by atoms with Gasteiger partial charge in [-0.2, -0.15) is 0 Å². The van der Waals surface area contributed by atoms with Gasteiger partial charge in [-0.3, -0.25) is 4.79 Å². The van der Waals surface area contributed by atoms with Crippen molar-refractivity contribution in [3.63, 3.8) is 0 Å². The summed E-state index contributed by atoms with van der Waals surface area (Å²) < 4.78 is 26.2. The molecule has 0 bridgehead atoms. The monoisotopic (exact) mass is 365 g/mol. The number of rotatable bonds is 7. The molecule has 0 radical (unpaired) electrons. The minimum absolute atomic E-state index is 0.0697. The number of ether oxygens (including phenoxy) is 1. The number of carbonyl (C=O) groups excluding carboxylic acids is 1. The van der Waals surface area contributed by atoms with Gasteiger partial charge in [0, 0.05) is 0 Å². The molecule has 23 heavy (non-hydrogen) atoms. The average Bonchev–Trinajstić information content (AvgIpc) is 2.34. The molecule has 0 rings (SSSR count). The lowest BCUT2D eigenvalue weighted by atomic mass is 10.1. The zero-order chi connectivity index (χ0) is 18.6. The molecule has 0 saturated carbocycles. The summed E-state index contributed by atoms with van der Waals surface area (Å²) in [5, 5.41) is 0.0697. The molecule has 0 aromatic carbocycles. The van der Waals surface area contributed by atoms with Crippen molar-refractivity contribution in [2.45, 2.75) is 89.9 Å². The van der Waals surface area contributed by atoms with Gasteiger partial charge in [-0.25, -0.2) is 8.93 Å². The highest BCUT2D eigenvalue weighted by Crippen LogP contribution is 2.37. The van der Waals surface area contributed by atoms with E-state index in [1.807, 2.05) is 27.7 Å². The van der Waals surface area contributed by atoms with Crippen molar-refractivity contribution in [3.05, 3.63) is 0 Å². The second-order valence-corrected chi connectivity index (χ2v) is 15.2. The summed E-state index contributed by atoms with van der Waals surface area (Å²) in [6, 6.07) is -0.350. The van der Waals surface area contributed by atoms with Crippen molar-refractivity contribution in [2.75, 3.05) is 7.11 Å². The smallest absolute Gasteiger partial charge is 0.307 e. The molecule has 0 saturated heterocycles. The molecule has 0 heterocycles. The Bertz CT molecular complexity index is 427. The summed E-state index contributed by atoms with van der Waals surface area (Å²) in [7, 11) is -1.90. The SMILES string of the molecule is COC(=O)C[C@H](NS(=O)C(C)(C)C)[C@H](C)O[Si](C)(C)C(C)(C)C. The van der Waals surface area contributed by atoms with Crippen LogP contribution in [0, 0.1) is 0 Å². The van der Waals surface area contributed by atoms with Gasteiger partial charge in [0.1, 0.15) is 0 Å². The van der Waals surface area contributed by atoms with Crippen LogP contribution in [0.2, 0.25) is 18.1 Å². The Morgan fingerprint density at radius 1 is 1.17 bits per heavy atom. The molecule has 1 N–H and O–H groups in total. The largest absolute Gasteiger partial charge is 0.469 e. The zero-order valence-corrected chi connectivity index (χ0v) is 18.2. The molecule has 0 aliphatic carbocycles. The quantitative estimate of drug-likeness (QED) is 0.555. The molecule has 0 aromatic heterocycles. The van der Waals surface area contributed by atoms with E-state index in [-0.39, 0.29) is 29.6 Å². The lowest BCUT2D eigenvalue weighted by Gasteiger charge is -2.40. The second-order valence-electron chi connectivity index (χ2n) is 8.47. The number of hydrogen-bond donors (Lipinski definition) is 1. The fourth-order valence-corrected chi connectivity index (χ4v) is 3.96. The van der Waals surface area contributed by atoms with E-state index < -0.39 is 24.1 Å². The normalized spacial score (nSPS) is 17.5. The van der Waals surface area contributed by atoms with Crippen molar-refractivity contribution < 1.29 is 18.2 Å². The van der Waals surface area contributed by atoms with Crippen LogP contribution in [-0.2, 0) is 24.9 Å². The molecule has 7 heteroatoms. The molecule has 0 spiro atoms. The van der Waals surface area contributed by atoms with Crippen LogP contribution in [0.3, 0.4) is 0 Å². The molecule has 3 atom stereocenters. The van der Waals surface area contributed by atoms with Crippen molar-refractivity contribution >= 4 is 25.3 Å². The molecule has 0 aliphatic heterocycles. The van der Waals surface area contributed by atoms with Crippen LogP contribution in [0.25, 0.3) is 0 Å². The topological polar surface area (TPSA) is 64.6 Å². The van der Waals surface area contributed by atoms with Crippen LogP contribution >= 0.6 is 0 Å². The molecule has 138 valence electrons. The van der Waals surface area contributed by atoms with Gasteiger partial charge in [0.15, 0.2) is 8.32 Å². The summed E-state index contributed by atoms with van der Waals surface area (Å²) in [6.45, 7) is 18.5. The molecule has 1 unspecified atom stereocenters. The van der Waals surface area contributed by atoms with Crippen LogP contribution in [0.5, 0.6) is 0 Å². The number of carbonyl (C=O) groups is 1. The van der Waals surface area contributed by atoms with Gasteiger partial charge in [0.25, 0.3) is 0 Å². The van der Waals surface area contributed by atoms with E-state index in [4.69, 9.17) is 9.16 Å². The molecule has 0 fully saturated rings. The van der Waals surface area contributed by atoms with E-state index >= 15 is 0 Å². The highest BCUT2D eigenvalue weighted by atomic mass is 32.2.